The van der Waals surface area contributed by atoms with E-state index in [9.17, 15) is 4.79 Å². The van der Waals surface area contributed by atoms with Crippen LogP contribution in [0.1, 0.15) is 12.8 Å². The van der Waals surface area contributed by atoms with E-state index < -0.39 is 0 Å². The largest absolute Gasteiger partial charge is 0.462 e. The molecular formula is C6H10ClNO2. The molecule has 58 valence electrons. The van der Waals surface area contributed by atoms with Crippen molar-refractivity contribution >= 4 is 18.4 Å². The van der Waals surface area contributed by atoms with Crippen molar-refractivity contribution in [3.63, 3.8) is 0 Å². The second-order valence-electron chi connectivity index (χ2n) is 2.80. The van der Waals surface area contributed by atoms with Gasteiger partial charge in [-0.1, -0.05) is 0 Å². The highest BCUT2D eigenvalue weighted by Gasteiger charge is 2.47. The number of esters is 1. The summed E-state index contributed by atoms with van der Waals surface area (Å²) in [5, 5.41) is 0. The summed E-state index contributed by atoms with van der Waals surface area (Å²) in [6.45, 7) is 0. The highest BCUT2D eigenvalue weighted by Crippen LogP contribution is 2.37. The van der Waals surface area contributed by atoms with Crippen LogP contribution in [0.3, 0.4) is 0 Å². The van der Waals surface area contributed by atoms with Gasteiger partial charge in [0, 0.05) is 18.4 Å². The van der Waals surface area contributed by atoms with E-state index >= 15 is 0 Å². The number of rotatable bonds is 0. The highest BCUT2D eigenvalue weighted by molar-refractivity contribution is 5.85. The Morgan fingerprint density at radius 1 is 1.60 bits per heavy atom. The van der Waals surface area contributed by atoms with Crippen molar-refractivity contribution in [2.24, 2.45) is 11.7 Å². The summed E-state index contributed by atoms with van der Waals surface area (Å²) < 4.78 is 4.91. The van der Waals surface area contributed by atoms with Gasteiger partial charge in [0.1, 0.15) is 6.10 Å². The van der Waals surface area contributed by atoms with Crippen LogP contribution in [0.2, 0.25) is 0 Å². The highest BCUT2D eigenvalue weighted by atomic mass is 35.5. The third-order valence-electron chi connectivity index (χ3n) is 2.22. The van der Waals surface area contributed by atoms with Gasteiger partial charge in [-0.3, -0.25) is 4.79 Å². The average molecular weight is 164 g/mol. The first-order valence-corrected chi connectivity index (χ1v) is 3.22. The summed E-state index contributed by atoms with van der Waals surface area (Å²) in [5.41, 5.74) is 5.59. The first-order valence-electron chi connectivity index (χ1n) is 3.22. The number of carbonyl (C=O) groups is 1. The quantitative estimate of drug-likeness (QED) is 0.515. The Kier molecular flexibility index (Phi) is 1.88. The predicted molar refractivity (Wildman–Crippen MR) is 37.8 cm³/mol. The zero-order chi connectivity index (χ0) is 6.43. The van der Waals surface area contributed by atoms with E-state index in [0.717, 1.165) is 6.42 Å². The Morgan fingerprint density at radius 2 is 2.30 bits per heavy atom. The van der Waals surface area contributed by atoms with Crippen molar-refractivity contribution in [2.45, 2.75) is 25.0 Å². The lowest BCUT2D eigenvalue weighted by Gasteiger charge is -2.34. The Hall–Kier alpha value is -0.280. The van der Waals surface area contributed by atoms with Crippen LogP contribution in [-0.4, -0.2) is 18.1 Å². The van der Waals surface area contributed by atoms with Crippen molar-refractivity contribution in [3.8, 4) is 0 Å². The van der Waals surface area contributed by atoms with Gasteiger partial charge in [-0.05, 0) is 0 Å². The predicted octanol–water partition coefficient (Wildman–Crippen LogP) is 0.0709. The molecule has 3 atom stereocenters. The first kappa shape index (κ1) is 7.82. The fraction of sp³-hybridized carbons (Fsp3) is 0.833. The maximum Gasteiger partial charge on any atom is 0.306 e. The molecule has 0 unspecified atom stereocenters. The second kappa shape index (κ2) is 2.40. The van der Waals surface area contributed by atoms with E-state index in [1.807, 2.05) is 0 Å². The molecule has 2 N–H and O–H groups in total. The monoisotopic (exact) mass is 163 g/mol. The number of carbonyl (C=O) groups excluding carboxylic acids is 1. The van der Waals surface area contributed by atoms with Crippen molar-refractivity contribution in [3.05, 3.63) is 0 Å². The molecule has 0 spiro atoms. The number of halogens is 1. The number of hydrogen-bond donors (Lipinski definition) is 1. The maximum atomic E-state index is 10.6. The molecule has 2 aliphatic rings. The Bertz CT molecular complexity index is 162. The summed E-state index contributed by atoms with van der Waals surface area (Å²) in [7, 11) is 0. The minimum atomic E-state index is -0.0713. The normalized spacial score (nSPS) is 42.9. The van der Waals surface area contributed by atoms with Crippen molar-refractivity contribution < 1.29 is 9.53 Å². The second-order valence-corrected chi connectivity index (χ2v) is 2.80. The molecule has 0 amide bonds. The molecule has 0 bridgehead atoms. The van der Waals surface area contributed by atoms with Gasteiger partial charge in [-0.15, -0.1) is 12.4 Å². The van der Waals surface area contributed by atoms with Crippen molar-refractivity contribution in [1.29, 1.82) is 0 Å². The summed E-state index contributed by atoms with van der Waals surface area (Å²) in [6.07, 6.45) is 1.59. The van der Waals surface area contributed by atoms with Crippen molar-refractivity contribution in [1.82, 2.24) is 0 Å². The molecule has 1 heterocycles. The van der Waals surface area contributed by atoms with Gasteiger partial charge in [-0.25, -0.2) is 0 Å². The summed E-state index contributed by atoms with van der Waals surface area (Å²) in [6, 6.07) is 0.224. The Morgan fingerprint density at radius 3 is 2.70 bits per heavy atom. The number of hydrogen-bond acceptors (Lipinski definition) is 3. The lowest BCUT2D eigenvalue weighted by atomic mass is 9.77. The molecule has 1 saturated carbocycles. The van der Waals surface area contributed by atoms with Gasteiger partial charge in [-0.2, -0.15) is 0 Å². The van der Waals surface area contributed by atoms with E-state index in [1.165, 1.54) is 0 Å². The van der Waals surface area contributed by atoms with Crippen LogP contribution >= 0.6 is 12.4 Å². The molecule has 0 aromatic heterocycles. The fourth-order valence-electron chi connectivity index (χ4n) is 1.53. The standard InChI is InChI=1S/C6H9NO2.ClH/c7-4-2-5-3(4)1-6(8)9-5;/h3-5H,1-2,7H2;1H/t3-,4+,5+;/m1./s1. The van der Waals surface area contributed by atoms with Crippen LogP contribution in [0.25, 0.3) is 0 Å². The molecular weight excluding hydrogens is 154 g/mol. The van der Waals surface area contributed by atoms with Crippen LogP contribution in [0.4, 0.5) is 0 Å². The minimum Gasteiger partial charge on any atom is -0.462 e. The van der Waals surface area contributed by atoms with Gasteiger partial charge < -0.3 is 10.5 Å². The topological polar surface area (TPSA) is 52.3 Å². The van der Waals surface area contributed by atoms with Crippen LogP contribution in [0.15, 0.2) is 0 Å². The number of nitrogens with two attached hydrogens (primary N) is 1. The first-order chi connectivity index (χ1) is 4.27. The van der Waals surface area contributed by atoms with E-state index in [-0.39, 0.29) is 30.5 Å². The smallest absolute Gasteiger partial charge is 0.306 e. The third-order valence-corrected chi connectivity index (χ3v) is 2.22. The van der Waals surface area contributed by atoms with Gasteiger partial charge in [0.25, 0.3) is 0 Å². The van der Waals surface area contributed by atoms with Gasteiger partial charge in [0.15, 0.2) is 0 Å². The van der Waals surface area contributed by atoms with Crippen LogP contribution in [-0.2, 0) is 9.53 Å². The molecule has 3 nitrogen and oxygen atoms in total. The minimum absolute atomic E-state index is 0. The average Bonchev–Trinajstić information content (AvgIpc) is 2.08. The zero-order valence-corrected chi connectivity index (χ0v) is 6.26. The van der Waals surface area contributed by atoms with E-state index in [0.29, 0.717) is 12.3 Å². The molecule has 0 aromatic rings. The van der Waals surface area contributed by atoms with E-state index in [4.69, 9.17) is 10.5 Å². The van der Waals surface area contributed by atoms with Gasteiger partial charge >= 0.3 is 5.97 Å². The molecule has 2 fully saturated rings. The number of fused-ring (bicyclic) bond motifs is 1. The summed E-state index contributed by atoms with van der Waals surface area (Å²) in [4.78, 5) is 10.6. The molecule has 10 heavy (non-hydrogen) atoms. The fourth-order valence-corrected chi connectivity index (χ4v) is 1.53. The molecule has 4 heteroatoms. The third kappa shape index (κ3) is 0.896. The number of ether oxygens (including phenoxy) is 1. The molecule has 1 saturated heterocycles. The summed E-state index contributed by atoms with van der Waals surface area (Å²) >= 11 is 0. The maximum absolute atomic E-state index is 10.6. The molecule has 2 rings (SSSR count). The van der Waals surface area contributed by atoms with E-state index in [2.05, 4.69) is 0 Å². The van der Waals surface area contributed by atoms with Crippen molar-refractivity contribution in [2.75, 3.05) is 0 Å². The van der Waals surface area contributed by atoms with E-state index in [1.54, 1.807) is 0 Å². The molecule has 0 aromatic carbocycles. The zero-order valence-electron chi connectivity index (χ0n) is 5.45. The lowest BCUT2D eigenvalue weighted by Crippen LogP contribution is -2.48. The van der Waals surface area contributed by atoms with Crippen LogP contribution in [0, 0.1) is 5.92 Å². The van der Waals surface area contributed by atoms with Gasteiger partial charge in [0.2, 0.25) is 0 Å². The lowest BCUT2D eigenvalue weighted by molar-refractivity contribution is -0.143. The molecule has 1 aliphatic heterocycles. The molecule has 0 radical (unpaired) electrons. The molecule has 1 aliphatic carbocycles. The summed E-state index contributed by atoms with van der Waals surface area (Å²) in [5.74, 6) is 0.274. The Labute approximate surface area is 65.3 Å². The van der Waals surface area contributed by atoms with Gasteiger partial charge in [0.05, 0.1) is 6.42 Å². The Balaban J connectivity index is 0.000000500. The van der Waals surface area contributed by atoms with Crippen LogP contribution < -0.4 is 5.73 Å². The SMILES string of the molecule is Cl.N[C@H]1C[C@@H]2OC(=O)C[C@@H]21. The van der Waals surface area contributed by atoms with Crippen LogP contribution in [0.5, 0.6) is 0 Å².